The quantitative estimate of drug-likeness (QED) is 0.424. The van der Waals surface area contributed by atoms with Crippen molar-refractivity contribution >= 4 is 0 Å². The molecule has 2 saturated heterocycles. The molecule has 1 nitrogen and oxygen atoms in total. The normalized spacial score (nSPS) is 43.6. The number of hydrogen-bond acceptors (Lipinski definition) is 1. The van der Waals surface area contributed by atoms with Crippen molar-refractivity contribution in [1.82, 2.24) is 0 Å². The van der Waals surface area contributed by atoms with E-state index in [0.29, 0.717) is 12.2 Å². The van der Waals surface area contributed by atoms with E-state index in [1.54, 1.807) is 0 Å². The Morgan fingerprint density at radius 1 is 1.40 bits per heavy atom. The molecule has 2 heterocycles. The van der Waals surface area contributed by atoms with Crippen molar-refractivity contribution in [3.8, 4) is 0 Å². The standard InChI is InChI=1S/C7H11O.HI.Zn/c1-5-4-6-2-3-7(5)8-6;;/h5-7H,1-4H2;1H;/q;;+1/p-1/t5-,6+,7-;;/m1../s1. The molecule has 0 saturated carbocycles. The van der Waals surface area contributed by atoms with Crippen molar-refractivity contribution in [3.05, 3.63) is 0 Å². The zero-order valence-corrected chi connectivity index (χ0v) is 11.2. The van der Waals surface area contributed by atoms with Crippen LogP contribution < -0.4 is 24.0 Å². The van der Waals surface area contributed by atoms with Crippen molar-refractivity contribution in [2.75, 3.05) is 0 Å². The Labute approximate surface area is 89.0 Å². The molecular weight excluding hydrogens is 292 g/mol. The minimum absolute atomic E-state index is 0. The third kappa shape index (κ3) is 1.56. The summed E-state index contributed by atoms with van der Waals surface area (Å²) < 4.78 is 5.70. The number of fused-ring (bicyclic) bond motifs is 2. The van der Waals surface area contributed by atoms with Gasteiger partial charge in [0.25, 0.3) is 0 Å². The van der Waals surface area contributed by atoms with Gasteiger partial charge >= 0.3 is 65.4 Å². The Morgan fingerprint density at radius 2 is 2.20 bits per heavy atom. The van der Waals surface area contributed by atoms with Gasteiger partial charge in [-0.05, 0) is 0 Å². The van der Waals surface area contributed by atoms with Gasteiger partial charge in [-0.3, -0.25) is 0 Å². The van der Waals surface area contributed by atoms with Crippen molar-refractivity contribution < 1.29 is 47.0 Å². The average Bonchev–Trinajstić information content (AvgIpc) is 2.45. The van der Waals surface area contributed by atoms with Crippen molar-refractivity contribution in [1.29, 1.82) is 0 Å². The predicted molar refractivity (Wildman–Crippen MR) is 30.8 cm³/mol. The predicted octanol–water partition coefficient (Wildman–Crippen LogP) is -1.48. The van der Waals surface area contributed by atoms with Crippen LogP contribution in [-0.2, 0) is 23.0 Å². The van der Waals surface area contributed by atoms with E-state index in [4.69, 9.17) is 4.74 Å². The van der Waals surface area contributed by atoms with E-state index in [0.717, 1.165) is 5.92 Å². The van der Waals surface area contributed by atoms with E-state index in [1.807, 2.05) is 0 Å². The zero-order valence-electron chi connectivity index (χ0n) is 6.05. The van der Waals surface area contributed by atoms with E-state index in [2.05, 4.69) is 0 Å². The number of ether oxygens (including phenoxy) is 1. The van der Waals surface area contributed by atoms with Crippen LogP contribution in [0.15, 0.2) is 0 Å². The van der Waals surface area contributed by atoms with Gasteiger partial charge in [0.15, 0.2) is 0 Å². The van der Waals surface area contributed by atoms with Crippen molar-refractivity contribution in [2.24, 2.45) is 5.92 Å². The van der Waals surface area contributed by atoms with Gasteiger partial charge in [-0.15, -0.1) is 0 Å². The first kappa shape index (κ1) is 9.40. The van der Waals surface area contributed by atoms with Gasteiger partial charge in [-0.2, -0.15) is 0 Å². The average molecular weight is 303 g/mol. The van der Waals surface area contributed by atoms with E-state index in [1.165, 1.54) is 42.6 Å². The maximum absolute atomic E-state index is 5.70. The molecule has 0 N–H and O–H groups in total. The molecule has 2 aliphatic heterocycles. The third-order valence-electron chi connectivity index (χ3n) is 2.60. The Bertz CT molecular complexity index is 120. The summed E-state index contributed by atoms with van der Waals surface area (Å²) in [6.07, 6.45) is 5.44. The maximum atomic E-state index is 5.70. The third-order valence-corrected chi connectivity index (χ3v) is 4.16. The van der Waals surface area contributed by atoms with Crippen LogP contribution >= 0.6 is 0 Å². The second-order valence-corrected chi connectivity index (χ2v) is 4.37. The second kappa shape index (κ2) is 3.81. The summed E-state index contributed by atoms with van der Waals surface area (Å²) in [5, 5.41) is 1.45. The first-order valence-corrected chi connectivity index (χ1v) is 5.94. The van der Waals surface area contributed by atoms with E-state index in [-0.39, 0.29) is 24.0 Å². The molecule has 2 fully saturated rings. The Kier molecular flexibility index (Phi) is 3.59. The number of halogens is 1. The molecule has 0 amide bonds. The molecule has 0 aliphatic carbocycles. The molecule has 2 rings (SSSR count). The number of hydrogen-bond donors (Lipinski definition) is 0. The van der Waals surface area contributed by atoms with Crippen LogP contribution in [0.3, 0.4) is 0 Å². The fourth-order valence-electron chi connectivity index (χ4n) is 2.05. The summed E-state index contributed by atoms with van der Waals surface area (Å²) in [5.74, 6) is 0.962. The van der Waals surface area contributed by atoms with Crippen molar-refractivity contribution in [2.45, 2.75) is 36.5 Å². The molecule has 2 aliphatic rings. The van der Waals surface area contributed by atoms with Crippen LogP contribution in [0, 0.1) is 5.92 Å². The topological polar surface area (TPSA) is 9.23 Å². The molecule has 3 heteroatoms. The molecule has 0 unspecified atom stereocenters. The molecule has 0 aromatic rings. The van der Waals surface area contributed by atoms with E-state index >= 15 is 0 Å². The summed E-state index contributed by atoms with van der Waals surface area (Å²) in [6, 6.07) is 0. The Hall–Kier alpha value is 1.31. The van der Waals surface area contributed by atoms with Gasteiger partial charge in [0, 0.05) is 0 Å². The van der Waals surface area contributed by atoms with Gasteiger partial charge in [-0.25, -0.2) is 0 Å². The van der Waals surface area contributed by atoms with Crippen LogP contribution in [0.25, 0.3) is 0 Å². The summed E-state index contributed by atoms with van der Waals surface area (Å²) in [6.45, 7) is 0. The zero-order chi connectivity index (χ0) is 6.27. The van der Waals surface area contributed by atoms with Crippen LogP contribution in [0.2, 0.25) is 5.02 Å². The molecule has 10 heavy (non-hydrogen) atoms. The van der Waals surface area contributed by atoms with E-state index in [9.17, 15) is 0 Å². The summed E-state index contributed by atoms with van der Waals surface area (Å²) >= 11 is 1.46. The van der Waals surface area contributed by atoms with Crippen LogP contribution in [0.5, 0.6) is 0 Å². The SMILES string of the molecule is [I-].[Zn+][CH2][C@@H]1C[C@@H]2CC[C@H]1O2. The second-order valence-electron chi connectivity index (χ2n) is 3.16. The number of rotatable bonds is 1. The van der Waals surface area contributed by atoms with Crippen molar-refractivity contribution in [3.63, 3.8) is 0 Å². The molecule has 0 spiro atoms. The van der Waals surface area contributed by atoms with Gasteiger partial charge in [0.05, 0.1) is 0 Å². The minimum atomic E-state index is 0. The molecule has 0 radical (unpaired) electrons. The monoisotopic (exact) mass is 302 g/mol. The fourth-order valence-corrected chi connectivity index (χ4v) is 3.32. The first-order chi connectivity index (χ1) is 4.40. The van der Waals surface area contributed by atoms with Gasteiger partial charge in [0.2, 0.25) is 0 Å². The first-order valence-electron chi connectivity index (χ1n) is 3.85. The molecule has 0 aromatic carbocycles. The Morgan fingerprint density at radius 3 is 2.50 bits per heavy atom. The van der Waals surface area contributed by atoms with Crippen LogP contribution in [0.4, 0.5) is 0 Å². The molecular formula is C7H11IOZn. The van der Waals surface area contributed by atoms with E-state index < -0.39 is 0 Å². The van der Waals surface area contributed by atoms with Gasteiger partial charge in [0.1, 0.15) is 0 Å². The Balaban J connectivity index is 0.000000500. The van der Waals surface area contributed by atoms with Crippen LogP contribution in [-0.4, -0.2) is 12.2 Å². The summed E-state index contributed by atoms with van der Waals surface area (Å²) in [5.41, 5.74) is 0. The molecule has 2 bridgehead atoms. The van der Waals surface area contributed by atoms with Crippen LogP contribution in [0.1, 0.15) is 19.3 Å². The molecule has 0 aromatic heterocycles. The summed E-state index contributed by atoms with van der Waals surface area (Å²) in [4.78, 5) is 0. The fraction of sp³-hybridized carbons (Fsp3) is 1.00. The van der Waals surface area contributed by atoms with Gasteiger partial charge in [-0.1, -0.05) is 0 Å². The molecule has 54 valence electrons. The van der Waals surface area contributed by atoms with Gasteiger partial charge < -0.3 is 24.0 Å². The molecule has 3 atom stereocenters. The summed E-state index contributed by atoms with van der Waals surface area (Å²) in [7, 11) is 0.